The number of fused-ring (bicyclic) bond motifs is 2. The van der Waals surface area contributed by atoms with Crippen LogP contribution in [0.1, 0.15) is 59.7 Å². The van der Waals surface area contributed by atoms with Gasteiger partial charge >= 0.3 is 0 Å². The SMILES string of the molecule is Cc1cc(S(=O)(=O)NCC(=O)N[C@H]2CCCCNC(=O)[C@H]([C@@H](C)O)NC(=O)c3coc(n3)[C@H](Cc3ccccc3)NC2=O)ccc1F. The van der Waals surface area contributed by atoms with Gasteiger partial charge in [-0.3, -0.25) is 19.2 Å². The molecule has 16 heteroatoms. The van der Waals surface area contributed by atoms with E-state index >= 15 is 0 Å². The average Bonchev–Trinajstić information content (AvgIpc) is 3.53. The molecule has 3 aromatic rings. The summed E-state index contributed by atoms with van der Waals surface area (Å²) in [7, 11) is -4.17. The Morgan fingerprint density at radius 2 is 1.85 bits per heavy atom. The number of aliphatic hydroxyl groups excluding tert-OH is 1. The zero-order valence-electron chi connectivity index (χ0n) is 25.8. The van der Waals surface area contributed by atoms with Crippen LogP contribution in [0.5, 0.6) is 0 Å². The van der Waals surface area contributed by atoms with Gasteiger partial charge in [0.25, 0.3) is 5.91 Å². The van der Waals surface area contributed by atoms with Crippen LogP contribution in [0.25, 0.3) is 0 Å². The third-order valence-electron chi connectivity index (χ3n) is 7.44. The smallest absolute Gasteiger partial charge is 0.273 e. The molecular weight excluding hydrogens is 635 g/mol. The maximum atomic E-state index is 13.6. The molecule has 0 saturated carbocycles. The average molecular weight is 673 g/mol. The lowest BCUT2D eigenvalue weighted by Gasteiger charge is -2.23. The Kier molecular flexibility index (Phi) is 11.8. The van der Waals surface area contributed by atoms with Crippen molar-refractivity contribution < 1.29 is 41.5 Å². The van der Waals surface area contributed by atoms with Gasteiger partial charge in [0.2, 0.25) is 33.6 Å². The molecule has 0 radical (unpaired) electrons. The summed E-state index contributed by atoms with van der Waals surface area (Å²) >= 11 is 0. The highest BCUT2D eigenvalue weighted by Crippen LogP contribution is 2.20. The van der Waals surface area contributed by atoms with E-state index in [1.165, 1.54) is 13.8 Å². The van der Waals surface area contributed by atoms with Crippen LogP contribution in [0.15, 0.2) is 64.1 Å². The van der Waals surface area contributed by atoms with Gasteiger partial charge in [-0.2, -0.15) is 0 Å². The number of halogens is 1. The molecule has 4 rings (SSSR count). The number of hydrogen-bond acceptors (Lipinski definition) is 9. The number of carbonyl (C=O) groups excluding carboxylic acids is 4. The summed E-state index contributed by atoms with van der Waals surface area (Å²) in [6.45, 7) is 2.20. The van der Waals surface area contributed by atoms with Gasteiger partial charge in [0.1, 0.15) is 30.2 Å². The van der Waals surface area contributed by atoms with E-state index < -0.39 is 70.2 Å². The highest BCUT2D eigenvalue weighted by atomic mass is 32.2. The molecule has 0 saturated heterocycles. The minimum atomic E-state index is -4.17. The van der Waals surface area contributed by atoms with E-state index in [1.54, 1.807) is 12.1 Å². The number of benzene rings is 2. The first-order valence-electron chi connectivity index (χ1n) is 15.0. The van der Waals surface area contributed by atoms with Crippen LogP contribution in [0.3, 0.4) is 0 Å². The van der Waals surface area contributed by atoms with E-state index in [9.17, 15) is 37.1 Å². The van der Waals surface area contributed by atoms with Crippen molar-refractivity contribution in [1.82, 2.24) is 31.0 Å². The molecule has 1 aromatic heterocycles. The number of hydrogen-bond donors (Lipinski definition) is 6. The first kappa shape index (κ1) is 35.2. The molecule has 14 nitrogen and oxygen atoms in total. The van der Waals surface area contributed by atoms with Crippen molar-refractivity contribution in [2.75, 3.05) is 13.1 Å². The van der Waals surface area contributed by atoms with Crippen molar-refractivity contribution in [3.8, 4) is 0 Å². The topological polar surface area (TPSA) is 209 Å². The maximum Gasteiger partial charge on any atom is 0.273 e. The summed E-state index contributed by atoms with van der Waals surface area (Å²) in [5.74, 6) is -3.43. The lowest BCUT2D eigenvalue weighted by atomic mass is 10.0. The predicted molar refractivity (Wildman–Crippen MR) is 166 cm³/mol. The fourth-order valence-corrected chi connectivity index (χ4v) is 5.90. The van der Waals surface area contributed by atoms with Crippen LogP contribution in [0, 0.1) is 12.7 Å². The number of aryl methyl sites for hydroxylation is 1. The zero-order valence-corrected chi connectivity index (χ0v) is 26.6. The Hall–Kier alpha value is -4.67. The molecule has 47 heavy (non-hydrogen) atoms. The molecule has 1 aliphatic rings. The van der Waals surface area contributed by atoms with E-state index in [1.807, 2.05) is 18.2 Å². The van der Waals surface area contributed by atoms with E-state index in [2.05, 4.69) is 31.0 Å². The van der Waals surface area contributed by atoms with Crippen LogP contribution in [0.4, 0.5) is 4.39 Å². The molecule has 252 valence electrons. The monoisotopic (exact) mass is 672 g/mol. The zero-order chi connectivity index (χ0) is 34.1. The fraction of sp³-hybridized carbons (Fsp3) is 0.387. The third kappa shape index (κ3) is 9.67. The first-order chi connectivity index (χ1) is 22.3. The lowest BCUT2D eigenvalue weighted by molar-refractivity contribution is -0.129. The van der Waals surface area contributed by atoms with E-state index in [0.29, 0.717) is 12.8 Å². The van der Waals surface area contributed by atoms with Crippen LogP contribution in [-0.2, 0) is 30.8 Å². The third-order valence-corrected chi connectivity index (χ3v) is 8.84. The number of oxazole rings is 1. The van der Waals surface area contributed by atoms with Gasteiger partial charge in [-0.05, 0) is 62.4 Å². The Bertz CT molecular complexity index is 1700. The summed E-state index contributed by atoms with van der Waals surface area (Å²) in [5, 5.41) is 20.6. The fourth-order valence-electron chi connectivity index (χ4n) is 4.83. The summed E-state index contributed by atoms with van der Waals surface area (Å²) in [4.78, 5) is 56.2. The van der Waals surface area contributed by atoms with Gasteiger partial charge in [-0.15, -0.1) is 0 Å². The summed E-state index contributed by atoms with van der Waals surface area (Å²) < 4.78 is 46.8. The number of nitrogens with one attached hydrogen (secondary N) is 5. The minimum Gasteiger partial charge on any atom is -0.446 e. The highest BCUT2D eigenvalue weighted by Gasteiger charge is 2.30. The Morgan fingerprint density at radius 3 is 2.55 bits per heavy atom. The molecule has 2 aromatic carbocycles. The summed E-state index contributed by atoms with van der Waals surface area (Å²) in [5.41, 5.74) is 0.723. The molecule has 0 aliphatic carbocycles. The number of carbonyl (C=O) groups is 4. The Balaban J connectivity index is 1.56. The van der Waals surface area contributed by atoms with Crippen molar-refractivity contribution in [1.29, 1.82) is 0 Å². The van der Waals surface area contributed by atoms with Gasteiger partial charge in [-0.1, -0.05) is 30.3 Å². The van der Waals surface area contributed by atoms with Crippen LogP contribution in [0.2, 0.25) is 0 Å². The summed E-state index contributed by atoms with van der Waals surface area (Å²) in [6, 6.07) is 8.99. The number of amides is 4. The highest BCUT2D eigenvalue weighted by molar-refractivity contribution is 7.89. The van der Waals surface area contributed by atoms with Crippen molar-refractivity contribution >= 4 is 33.7 Å². The lowest BCUT2D eigenvalue weighted by Crippen LogP contribution is -2.52. The van der Waals surface area contributed by atoms with E-state index in [0.717, 1.165) is 30.0 Å². The molecule has 4 amide bonds. The normalized spacial score (nSPS) is 20.4. The van der Waals surface area contributed by atoms with Crippen molar-refractivity contribution in [3.63, 3.8) is 0 Å². The van der Waals surface area contributed by atoms with Gasteiger partial charge < -0.3 is 30.8 Å². The second-order valence-corrected chi connectivity index (χ2v) is 12.9. The van der Waals surface area contributed by atoms with Crippen molar-refractivity contribution in [3.05, 3.63) is 83.3 Å². The number of aromatic nitrogens is 1. The van der Waals surface area contributed by atoms with Crippen LogP contribution >= 0.6 is 0 Å². The largest absolute Gasteiger partial charge is 0.446 e. The molecule has 0 fully saturated rings. The first-order valence-corrected chi connectivity index (χ1v) is 16.4. The van der Waals surface area contributed by atoms with Crippen molar-refractivity contribution in [2.24, 2.45) is 0 Å². The maximum absolute atomic E-state index is 13.6. The van der Waals surface area contributed by atoms with E-state index in [-0.39, 0.29) is 41.4 Å². The molecule has 2 heterocycles. The number of rotatable bonds is 8. The molecule has 4 atom stereocenters. The van der Waals surface area contributed by atoms with Gasteiger partial charge in [0.05, 0.1) is 17.5 Å². The second-order valence-electron chi connectivity index (χ2n) is 11.2. The molecule has 0 spiro atoms. The number of aliphatic hydroxyl groups is 1. The number of sulfonamides is 1. The van der Waals surface area contributed by atoms with Crippen LogP contribution < -0.4 is 26.0 Å². The predicted octanol–water partition coefficient (Wildman–Crippen LogP) is 0.765. The second kappa shape index (κ2) is 15.8. The standard InChI is InChI=1S/C31H37FN6O8S/c1-18-14-21(11-12-22(18)32)47(44,45)34-16-26(40)35-23-10-6-7-13-33-30(43)27(19(2)39)38-29(42)25-17-46-31(37-25)24(36-28(23)41)15-20-8-4-3-5-9-20/h3-5,8-9,11-12,14,17,19,23-24,27,34,39H,6-7,10,13,15-16H2,1-2H3,(H,33,43)(H,35,40)(H,36,41)(H,38,42)/t19-,23+,24+,27+/m1/s1. The van der Waals surface area contributed by atoms with Crippen LogP contribution in [-0.4, -0.2) is 73.4 Å². The van der Waals surface area contributed by atoms with Gasteiger partial charge in [0.15, 0.2) is 5.69 Å². The minimum absolute atomic E-state index is 0.0232. The van der Waals surface area contributed by atoms with E-state index in [4.69, 9.17) is 4.42 Å². The van der Waals surface area contributed by atoms with Crippen molar-refractivity contribution in [2.45, 2.75) is 68.7 Å². The quantitative estimate of drug-likeness (QED) is 0.199. The molecule has 2 bridgehead atoms. The molecule has 6 N–H and O–H groups in total. The van der Waals surface area contributed by atoms with Gasteiger partial charge in [-0.25, -0.2) is 22.5 Å². The Morgan fingerprint density at radius 1 is 1.11 bits per heavy atom. The number of nitrogens with zero attached hydrogens (tertiary/aromatic N) is 1. The summed E-state index contributed by atoms with van der Waals surface area (Å²) in [6.07, 6.45) is 0.873. The molecular formula is C31H37FN6O8S. The molecule has 1 aliphatic heterocycles. The van der Waals surface area contributed by atoms with Gasteiger partial charge in [0, 0.05) is 13.0 Å². The molecule has 0 unspecified atom stereocenters. The Labute approximate surface area is 271 Å².